The van der Waals surface area contributed by atoms with Crippen molar-refractivity contribution in [3.8, 4) is 33.2 Å². The Kier molecular flexibility index (Phi) is 5.11. The molecule has 1 aliphatic carbocycles. The zero-order valence-electron chi connectivity index (χ0n) is 20.1. The van der Waals surface area contributed by atoms with Gasteiger partial charge in [-0.2, -0.15) is 5.10 Å². The molecule has 11 heteroatoms. The second-order valence-corrected chi connectivity index (χ2v) is 10.4. The first kappa shape index (κ1) is 22.4. The van der Waals surface area contributed by atoms with Crippen molar-refractivity contribution in [2.24, 2.45) is 5.92 Å². The third-order valence-corrected chi connectivity index (χ3v) is 7.71. The van der Waals surface area contributed by atoms with Gasteiger partial charge >= 0.3 is 0 Å². The fraction of sp³-hybridized carbons (Fsp3) is 0.148. The van der Waals surface area contributed by atoms with Crippen molar-refractivity contribution >= 4 is 50.8 Å². The minimum Gasteiger partial charge on any atom is -0.337 e. The summed E-state index contributed by atoms with van der Waals surface area (Å²) in [5.41, 5.74) is 5.80. The number of fused-ring (bicyclic) bond motifs is 2. The first-order chi connectivity index (χ1) is 18.5. The fourth-order valence-corrected chi connectivity index (χ4v) is 5.28. The predicted molar refractivity (Wildman–Crippen MR) is 145 cm³/mol. The molecule has 0 saturated heterocycles. The molecule has 0 atom stereocenters. The number of amides is 1. The second kappa shape index (κ2) is 8.67. The minimum absolute atomic E-state index is 0.0226. The molecule has 0 unspecified atom stereocenters. The molecule has 0 bridgehead atoms. The van der Waals surface area contributed by atoms with Crippen LogP contribution in [-0.2, 0) is 4.79 Å². The number of hydrogen-bond acceptors (Lipinski definition) is 8. The Morgan fingerprint density at radius 2 is 1.92 bits per heavy atom. The molecule has 6 heterocycles. The van der Waals surface area contributed by atoms with Crippen LogP contribution in [0.4, 0.5) is 5.69 Å². The van der Waals surface area contributed by atoms with Crippen LogP contribution in [0.3, 0.4) is 0 Å². The molecule has 1 fully saturated rings. The molecule has 0 radical (unpaired) electrons. The smallest absolute Gasteiger partial charge is 0.227 e. The summed E-state index contributed by atoms with van der Waals surface area (Å²) in [7, 11) is 0. The van der Waals surface area contributed by atoms with Crippen LogP contribution in [0.15, 0.2) is 55.1 Å². The number of Topliss-reactive ketones (excluding diaryl/α,β-unsaturated/α-hetero) is 1. The van der Waals surface area contributed by atoms with Crippen molar-refractivity contribution in [3.63, 3.8) is 0 Å². The van der Waals surface area contributed by atoms with E-state index in [1.807, 2.05) is 30.3 Å². The maximum atomic E-state index is 12.2. The third-order valence-electron chi connectivity index (χ3n) is 6.52. The molecular formula is C27H20N8O2S. The quantitative estimate of drug-likeness (QED) is 0.255. The standard InChI is InChI=1S/C27H20N8O2S/c1-13(36)20-4-5-21(38-20)24-23-19(6-7-29-24)32-26(33-23)22-18-9-16(11-30-25(18)35-34-22)15-8-17(12-28-10-15)31-27(37)14-2-3-14/h4-12,14H,2-3H2,1H3,(H,31,37)(H,32,33)(H,30,34,35). The van der Waals surface area contributed by atoms with E-state index in [4.69, 9.17) is 4.98 Å². The first-order valence-corrected chi connectivity index (χ1v) is 12.9. The van der Waals surface area contributed by atoms with E-state index >= 15 is 0 Å². The minimum atomic E-state index is 0.0226. The van der Waals surface area contributed by atoms with E-state index in [-0.39, 0.29) is 17.6 Å². The molecule has 1 amide bonds. The highest BCUT2D eigenvalue weighted by atomic mass is 32.1. The van der Waals surface area contributed by atoms with Gasteiger partial charge in [0.1, 0.15) is 16.9 Å². The van der Waals surface area contributed by atoms with Crippen molar-refractivity contribution in [2.45, 2.75) is 19.8 Å². The number of pyridine rings is 3. The lowest BCUT2D eigenvalue weighted by Crippen LogP contribution is -2.13. The van der Waals surface area contributed by atoms with E-state index in [2.05, 4.69) is 35.5 Å². The highest BCUT2D eigenvalue weighted by molar-refractivity contribution is 7.17. The van der Waals surface area contributed by atoms with E-state index < -0.39 is 0 Å². The molecule has 1 saturated carbocycles. The number of carbonyl (C=O) groups is 2. The number of nitrogens with one attached hydrogen (secondary N) is 3. The van der Waals surface area contributed by atoms with Gasteiger partial charge in [0, 0.05) is 35.6 Å². The molecule has 3 N–H and O–H groups in total. The van der Waals surface area contributed by atoms with Gasteiger partial charge in [-0.05, 0) is 50.1 Å². The number of thiophene rings is 1. The number of rotatable bonds is 6. The van der Waals surface area contributed by atoms with Gasteiger partial charge in [0.2, 0.25) is 5.91 Å². The first-order valence-electron chi connectivity index (χ1n) is 12.1. The highest BCUT2D eigenvalue weighted by Gasteiger charge is 2.29. The molecule has 38 heavy (non-hydrogen) atoms. The van der Waals surface area contributed by atoms with Crippen LogP contribution in [-0.4, -0.2) is 46.8 Å². The number of nitrogens with zero attached hydrogens (tertiary/aromatic N) is 5. The molecule has 1 aliphatic rings. The lowest BCUT2D eigenvalue weighted by Gasteiger charge is -2.06. The summed E-state index contributed by atoms with van der Waals surface area (Å²) in [6.45, 7) is 1.55. The Morgan fingerprint density at radius 1 is 1.05 bits per heavy atom. The summed E-state index contributed by atoms with van der Waals surface area (Å²) in [5, 5.41) is 11.2. The maximum absolute atomic E-state index is 12.2. The molecular weight excluding hydrogens is 500 g/mol. The summed E-state index contributed by atoms with van der Waals surface area (Å²) < 4.78 is 0. The third kappa shape index (κ3) is 3.93. The van der Waals surface area contributed by atoms with Gasteiger partial charge in [0.15, 0.2) is 17.3 Å². The normalized spacial score (nSPS) is 13.3. The van der Waals surface area contributed by atoms with Crippen LogP contribution in [0, 0.1) is 5.92 Å². The van der Waals surface area contributed by atoms with Crippen LogP contribution >= 0.6 is 11.3 Å². The van der Waals surface area contributed by atoms with E-state index in [1.54, 1.807) is 31.7 Å². The number of aromatic nitrogens is 7. The Morgan fingerprint density at radius 3 is 2.74 bits per heavy atom. The summed E-state index contributed by atoms with van der Waals surface area (Å²) in [6, 6.07) is 9.45. The van der Waals surface area contributed by atoms with E-state index in [1.165, 1.54) is 11.3 Å². The summed E-state index contributed by atoms with van der Waals surface area (Å²) in [4.78, 5) is 47.1. The van der Waals surface area contributed by atoms with E-state index in [0.29, 0.717) is 38.9 Å². The van der Waals surface area contributed by atoms with E-state index in [0.717, 1.165) is 39.7 Å². The van der Waals surface area contributed by atoms with Crippen molar-refractivity contribution in [1.82, 2.24) is 35.1 Å². The number of hydrogen-bond donors (Lipinski definition) is 3. The number of H-pyrrole nitrogens is 2. The van der Waals surface area contributed by atoms with Crippen molar-refractivity contribution in [2.75, 3.05) is 5.32 Å². The van der Waals surface area contributed by atoms with Crippen LogP contribution in [0.5, 0.6) is 0 Å². The predicted octanol–water partition coefficient (Wildman–Crippen LogP) is 5.24. The maximum Gasteiger partial charge on any atom is 0.227 e. The summed E-state index contributed by atoms with van der Waals surface area (Å²) >= 11 is 1.40. The second-order valence-electron chi connectivity index (χ2n) is 9.28. The van der Waals surface area contributed by atoms with E-state index in [9.17, 15) is 9.59 Å². The Balaban J connectivity index is 1.27. The van der Waals surface area contributed by atoms with Gasteiger partial charge in [0.05, 0.1) is 32.5 Å². The van der Waals surface area contributed by atoms with Gasteiger partial charge in [-0.25, -0.2) is 9.97 Å². The van der Waals surface area contributed by atoms with Gasteiger partial charge in [-0.1, -0.05) is 0 Å². The topological polar surface area (TPSA) is 142 Å². The largest absolute Gasteiger partial charge is 0.337 e. The molecule has 0 aromatic carbocycles. The highest BCUT2D eigenvalue weighted by Crippen LogP contribution is 2.35. The molecule has 0 aliphatic heterocycles. The molecule has 6 aromatic heterocycles. The summed E-state index contributed by atoms with van der Waals surface area (Å²) in [5.74, 6) is 0.770. The zero-order valence-corrected chi connectivity index (χ0v) is 21.0. The molecule has 186 valence electrons. The van der Waals surface area contributed by atoms with Crippen LogP contribution in [0.25, 0.3) is 55.3 Å². The SMILES string of the molecule is CC(=O)c1ccc(-c2nccc3[nH]c(-c4[nH]nc5ncc(-c6cncc(NC(=O)C7CC7)c6)cc45)nc23)s1. The molecule has 6 aromatic rings. The van der Waals surface area contributed by atoms with Crippen LogP contribution < -0.4 is 5.32 Å². The molecule has 10 nitrogen and oxygen atoms in total. The number of aromatic amines is 2. The number of anilines is 1. The Labute approximate surface area is 219 Å². The van der Waals surface area contributed by atoms with Gasteiger partial charge in [0.25, 0.3) is 0 Å². The van der Waals surface area contributed by atoms with Gasteiger partial charge in [-0.15, -0.1) is 11.3 Å². The van der Waals surface area contributed by atoms with Crippen LogP contribution in [0.1, 0.15) is 29.4 Å². The van der Waals surface area contributed by atoms with Crippen molar-refractivity contribution in [1.29, 1.82) is 0 Å². The molecule has 0 spiro atoms. The lowest BCUT2D eigenvalue weighted by atomic mass is 10.1. The number of imidazole rings is 1. The lowest BCUT2D eigenvalue weighted by molar-refractivity contribution is -0.117. The average molecular weight is 521 g/mol. The van der Waals surface area contributed by atoms with Gasteiger partial charge < -0.3 is 10.3 Å². The monoisotopic (exact) mass is 520 g/mol. The Bertz CT molecular complexity index is 1880. The summed E-state index contributed by atoms with van der Waals surface area (Å²) in [6.07, 6.45) is 8.72. The van der Waals surface area contributed by atoms with Gasteiger partial charge in [-0.3, -0.25) is 24.7 Å². The Hall–Kier alpha value is -4.77. The zero-order chi connectivity index (χ0) is 25.8. The van der Waals surface area contributed by atoms with Crippen molar-refractivity contribution < 1.29 is 9.59 Å². The average Bonchev–Trinajstić information content (AvgIpc) is 3.32. The van der Waals surface area contributed by atoms with Crippen molar-refractivity contribution in [3.05, 3.63) is 60.0 Å². The molecule has 7 rings (SSSR count). The fourth-order valence-electron chi connectivity index (χ4n) is 4.38. The van der Waals surface area contributed by atoms with Crippen LogP contribution in [0.2, 0.25) is 0 Å². The number of carbonyl (C=O) groups excluding carboxylic acids is 2. The number of ketones is 1.